The number of halogens is 1. The van der Waals surface area contributed by atoms with Crippen LogP contribution in [0.25, 0.3) is 0 Å². The van der Waals surface area contributed by atoms with Gasteiger partial charge in [0.2, 0.25) is 0 Å². The summed E-state index contributed by atoms with van der Waals surface area (Å²) in [4.78, 5) is 12.7. The lowest BCUT2D eigenvalue weighted by Gasteiger charge is -2.43. The summed E-state index contributed by atoms with van der Waals surface area (Å²) in [6.45, 7) is 11.0. The Morgan fingerprint density at radius 3 is 2.48 bits per heavy atom. The third kappa shape index (κ3) is 2.83. The van der Waals surface area contributed by atoms with Gasteiger partial charge < -0.3 is 9.74 Å². The standard InChI is InChI=1S/C16H24BrNO2Si/c1-15(2,3)21(4,5)20-16(10-11-17)12-8-6-7-9-13(12)18-14(16)19/h6-9H,10-11H2,1-5H3,(H,18,19). The van der Waals surface area contributed by atoms with Crippen LogP contribution in [0.2, 0.25) is 18.1 Å². The van der Waals surface area contributed by atoms with Crippen molar-refractivity contribution < 1.29 is 9.22 Å². The highest BCUT2D eigenvalue weighted by molar-refractivity contribution is 9.09. The van der Waals surface area contributed by atoms with Gasteiger partial charge in [0, 0.05) is 16.6 Å². The van der Waals surface area contributed by atoms with Gasteiger partial charge in [-0.3, -0.25) is 4.79 Å². The molecule has 21 heavy (non-hydrogen) atoms. The molecule has 1 aliphatic heterocycles. The van der Waals surface area contributed by atoms with E-state index in [1.807, 2.05) is 24.3 Å². The van der Waals surface area contributed by atoms with E-state index in [9.17, 15) is 4.79 Å². The zero-order valence-corrected chi connectivity index (χ0v) is 16.0. The topological polar surface area (TPSA) is 38.3 Å². The van der Waals surface area contributed by atoms with Crippen LogP contribution in [0.3, 0.4) is 0 Å². The monoisotopic (exact) mass is 369 g/mol. The highest BCUT2D eigenvalue weighted by atomic mass is 79.9. The van der Waals surface area contributed by atoms with Crippen molar-refractivity contribution in [3.8, 4) is 0 Å². The summed E-state index contributed by atoms with van der Waals surface area (Å²) in [7, 11) is -2.07. The summed E-state index contributed by atoms with van der Waals surface area (Å²) in [5.74, 6) is -0.0343. The van der Waals surface area contributed by atoms with Crippen LogP contribution in [0.4, 0.5) is 5.69 Å². The molecular weight excluding hydrogens is 346 g/mol. The minimum atomic E-state index is -2.07. The number of carbonyl (C=O) groups is 1. The lowest BCUT2D eigenvalue weighted by Crippen LogP contribution is -2.51. The second kappa shape index (κ2) is 5.52. The molecule has 2 rings (SSSR count). The predicted octanol–water partition coefficient (Wildman–Crippen LogP) is 4.64. The van der Waals surface area contributed by atoms with Gasteiger partial charge >= 0.3 is 0 Å². The van der Waals surface area contributed by atoms with Crippen LogP contribution in [0, 0.1) is 0 Å². The first-order valence-corrected chi connectivity index (χ1v) is 11.3. The smallest absolute Gasteiger partial charge is 0.260 e. The van der Waals surface area contributed by atoms with Gasteiger partial charge in [-0.05, 0) is 30.6 Å². The second-order valence-corrected chi connectivity index (χ2v) is 12.6. The molecule has 1 atom stereocenters. The maximum absolute atomic E-state index is 12.7. The molecule has 0 fully saturated rings. The van der Waals surface area contributed by atoms with E-state index in [4.69, 9.17) is 4.43 Å². The first kappa shape index (κ1) is 16.7. The number of benzene rings is 1. The number of fused-ring (bicyclic) bond motifs is 1. The molecule has 1 amide bonds. The molecule has 0 aromatic heterocycles. The average Bonchev–Trinajstić information content (AvgIpc) is 2.61. The van der Waals surface area contributed by atoms with Crippen LogP contribution in [0.15, 0.2) is 24.3 Å². The highest BCUT2D eigenvalue weighted by Crippen LogP contribution is 2.48. The van der Waals surface area contributed by atoms with Crippen molar-refractivity contribution in [2.45, 2.75) is 50.9 Å². The second-order valence-electron chi connectivity index (χ2n) is 7.13. The number of hydrogen-bond acceptors (Lipinski definition) is 2. The van der Waals surface area contributed by atoms with Crippen LogP contribution in [0.1, 0.15) is 32.8 Å². The summed E-state index contributed by atoms with van der Waals surface area (Å²) >= 11 is 3.49. The molecule has 1 aromatic rings. The van der Waals surface area contributed by atoms with Gasteiger partial charge in [0.05, 0.1) is 0 Å². The fourth-order valence-corrected chi connectivity index (χ4v) is 4.45. The van der Waals surface area contributed by atoms with Crippen molar-refractivity contribution in [3.05, 3.63) is 29.8 Å². The molecule has 0 aliphatic carbocycles. The van der Waals surface area contributed by atoms with Gasteiger partial charge in [0.25, 0.3) is 5.91 Å². The lowest BCUT2D eigenvalue weighted by molar-refractivity contribution is -0.132. The summed E-state index contributed by atoms with van der Waals surface area (Å²) in [5, 5.41) is 3.77. The Morgan fingerprint density at radius 2 is 1.90 bits per heavy atom. The lowest BCUT2D eigenvalue weighted by atomic mass is 9.93. The molecule has 116 valence electrons. The normalized spacial score (nSPS) is 22.1. The number of nitrogens with one attached hydrogen (secondary N) is 1. The summed E-state index contributed by atoms with van der Waals surface area (Å²) < 4.78 is 6.63. The quantitative estimate of drug-likeness (QED) is 0.619. The van der Waals surface area contributed by atoms with Crippen LogP contribution >= 0.6 is 15.9 Å². The number of alkyl halides is 1. The van der Waals surface area contributed by atoms with E-state index < -0.39 is 13.9 Å². The average molecular weight is 370 g/mol. The van der Waals surface area contributed by atoms with E-state index >= 15 is 0 Å². The van der Waals surface area contributed by atoms with Gasteiger partial charge in [-0.1, -0.05) is 54.9 Å². The van der Waals surface area contributed by atoms with Crippen LogP contribution in [-0.2, 0) is 14.8 Å². The summed E-state index contributed by atoms with van der Waals surface area (Å²) in [6.07, 6.45) is 0.641. The van der Waals surface area contributed by atoms with Crippen molar-refractivity contribution in [2.24, 2.45) is 0 Å². The van der Waals surface area contributed by atoms with E-state index in [1.54, 1.807) is 0 Å². The minimum Gasteiger partial charge on any atom is -0.399 e. The zero-order valence-electron chi connectivity index (χ0n) is 13.4. The van der Waals surface area contributed by atoms with E-state index in [1.165, 1.54) is 0 Å². The molecule has 0 spiro atoms. The first-order valence-electron chi connectivity index (χ1n) is 7.31. The predicted molar refractivity (Wildman–Crippen MR) is 93.4 cm³/mol. The minimum absolute atomic E-state index is 0.0343. The number of amides is 1. The van der Waals surface area contributed by atoms with Gasteiger partial charge in [-0.25, -0.2) is 0 Å². The van der Waals surface area contributed by atoms with Crippen LogP contribution < -0.4 is 5.32 Å². The van der Waals surface area contributed by atoms with E-state index in [2.05, 4.69) is 55.1 Å². The third-order valence-electron chi connectivity index (χ3n) is 4.66. The van der Waals surface area contributed by atoms with Crippen LogP contribution in [0.5, 0.6) is 0 Å². The summed E-state index contributed by atoms with van der Waals surface area (Å²) in [6, 6.07) is 7.86. The first-order chi connectivity index (χ1) is 9.64. The molecule has 3 nitrogen and oxygen atoms in total. The van der Waals surface area contributed by atoms with E-state index in [-0.39, 0.29) is 10.9 Å². The number of anilines is 1. The Kier molecular flexibility index (Phi) is 4.39. The highest BCUT2D eigenvalue weighted by Gasteiger charge is 2.53. The molecular formula is C16H24BrNO2Si. The molecule has 0 saturated carbocycles. The van der Waals surface area contributed by atoms with Gasteiger partial charge in [-0.15, -0.1) is 0 Å². The molecule has 0 bridgehead atoms. The van der Waals surface area contributed by atoms with Crippen molar-refractivity contribution in [2.75, 3.05) is 10.6 Å². The molecule has 1 aromatic carbocycles. The number of rotatable bonds is 4. The number of para-hydroxylation sites is 1. The van der Waals surface area contributed by atoms with Crippen molar-refractivity contribution in [3.63, 3.8) is 0 Å². The Bertz CT molecular complexity index is 553. The summed E-state index contributed by atoms with van der Waals surface area (Å²) in [5.41, 5.74) is 0.991. The largest absolute Gasteiger partial charge is 0.399 e. The number of hydrogen-bond donors (Lipinski definition) is 1. The van der Waals surface area contributed by atoms with Crippen molar-refractivity contribution in [1.29, 1.82) is 0 Å². The fraction of sp³-hybridized carbons (Fsp3) is 0.562. The van der Waals surface area contributed by atoms with Gasteiger partial charge in [0.1, 0.15) is 0 Å². The van der Waals surface area contributed by atoms with Gasteiger partial charge in [-0.2, -0.15) is 0 Å². The molecule has 1 unspecified atom stereocenters. The Labute approximate surface area is 136 Å². The molecule has 1 aliphatic rings. The third-order valence-corrected chi connectivity index (χ3v) is 9.53. The Morgan fingerprint density at radius 1 is 1.29 bits per heavy atom. The van der Waals surface area contributed by atoms with Crippen molar-refractivity contribution in [1.82, 2.24) is 0 Å². The maximum atomic E-state index is 12.7. The Balaban J connectivity index is 2.50. The fourth-order valence-electron chi connectivity index (χ4n) is 2.41. The zero-order chi connectivity index (χ0) is 15.9. The van der Waals surface area contributed by atoms with Crippen molar-refractivity contribution >= 4 is 35.8 Å². The van der Waals surface area contributed by atoms with E-state index in [0.29, 0.717) is 6.42 Å². The molecule has 1 heterocycles. The SMILES string of the molecule is CC(C)(C)[Si](C)(C)OC1(CCBr)C(=O)Nc2ccccc21. The molecule has 0 radical (unpaired) electrons. The van der Waals surface area contributed by atoms with Crippen LogP contribution in [-0.4, -0.2) is 19.6 Å². The molecule has 1 N–H and O–H groups in total. The van der Waals surface area contributed by atoms with E-state index in [0.717, 1.165) is 16.6 Å². The molecule has 5 heteroatoms. The number of carbonyl (C=O) groups excluding carboxylic acids is 1. The maximum Gasteiger partial charge on any atom is 0.260 e. The van der Waals surface area contributed by atoms with Gasteiger partial charge in [0.15, 0.2) is 13.9 Å². The Hall–Kier alpha value is -0.653. The molecule has 0 saturated heterocycles.